The molecule has 0 saturated carbocycles. The summed E-state index contributed by atoms with van der Waals surface area (Å²) in [6.07, 6.45) is -0.215. The zero-order chi connectivity index (χ0) is 11.6. The molecule has 0 spiro atoms. The van der Waals surface area contributed by atoms with Crippen molar-refractivity contribution >= 4 is 5.97 Å². The Morgan fingerprint density at radius 1 is 1.27 bits per heavy atom. The Labute approximate surface area is 85.2 Å². The molecule has 1 unspecified atom stereocenters. The molecule has 6 nitrogen and oxygen atoms in total. The van der Waals surface area contributed by atoms with Crippen LogP contribution in [0.2, 0.25) is 0 Å². The topological polar surface area (TPSA) is 124 Å². The summed E-state index contributed by atoms with van der Waals surface area (Å²) in [5.41, 5.74) is 5.24. The number of carbonyl (C=O) groups is 1. The summed E-state index contributed by atoms with van der Waals surface area (Å²) in [5.74, 6) is -2.31. The molecule has 0 aliphatic carbocycles. The van der Waals surface area contributed by atoms with Gasteiger partial charge >= 0.3 is 5.97 Å². The van der Waals surface area contributed by atoms with Gasteiger partial charge in [0.1, 0.15) is 23.3 Å². The molecule has 1 aromatic carbocycles. The van der Waals surface area contributed by atoms with Crippen LogP contribution in [0, 0.1) is 0 Å². The molecule has 0 heterocycles. The lowest BCUT2D eigenvalue weighted by Crippen LogP contribution is -2.32. The minimum atomic E-state index is -1.23. The van der Waals surface area contributed by atoms with Crippen LogP contribution in [0.5, 0.6) is 17.2 Å². The summed E-state index contributed by atoms with van der Waals surface area (Å²) < 4.78 is 0. The van der Waals surface area contributed by atoms with E-state index in [4.69, 9.17) is 15.9 Å². The van der Waals surface area contributed by atoms with Crippen LogP contribution in [0.25, 0.3) is 0 Å². The number of phenolic OH excluding ortho intramolecular Hbond substituents is 3. The second-order valence-corrected chi connectivity index (χ2v) is 3.11. The Kier molecular flexibility index (Phi) is 3.01. The largest absolute Gasteiger partial charge is 0.508 e. The second-order valence-electron chi connectivity index (χ2n) is 3.11. The highest BCUT2D eigenvalue weighted by atomic mass is 16.4. The van der Waals surface area contributed by atoms with Gasteiger partial charge in [-0.15, -0.1) is 0 Å². The number of nitrogens with two attached hydrogens (primary N) is 1. The number of carboxylic acids is 1. The first kappa shape index (κ1) is 11.1. The van der Waals surface area contributed by atoms with Crippen molar-refractivity contribution in [1.29, 1.82) is 0 Å². The molecule has 6 N–H and O–H groups in total. The summed E-state index contributed by atoms with van der Waals surface area (Å²) in [5, 5.41) is 36.2. The third kappa shape index (κ3) is 2.50. The molecular weight excluding hydrogens is 202 g/mol. The Bertz CT molecular complexity index is 367. The van der Waals surface area contributed by atoms with Gasteiger partial charge in [0.25, 0.3) is 0 Å². The summed E-state index contributed by atoms with van der Waals surface area (Å²) in [6.45, 7) is 0. The number of aliphatic carboxylic acids is 1. The van der Waals surface area contributed by atoms with E-state index in [1.54, 1.807) is 0 Å². The van der Waals surface area contributed by atoms with Crippen molar-refractivity contribution in [2.24, 2.45) is 5.73 Å². The van der Waals surface area contributed by atoms with E-state index in [2.05, 4.69) is 0 Å². The van der Waals surface area contributed by atoms with Crippen LogP contribution in [0.1, 0.15) is 5.56 Å². The molecule has 0 aliphatic rings. The van der Waals surface area contributed by atoms with E-state index in [0.717, 1.165) is 12.1 Å². The van der Waals surface area contributed by atoms with E-state index in [1.165, 1.54) is 0 Å². The molecule has 6 heteroatoms. The Hall–Kier alpha value is -1.95. The monoisotopic (exact) mass is 213 g/mol. The Balaban J connectivity index is 3.00. The third-order valence-electron chi connectivity index (χ3n) is 1.93. The molecule has 1 rings (SSSR count). The molecule has 0 fully saturated rings. The van der Waals surface area contributed by atoms with Crippen LogP contribution in [0.4, 0.5) is 0 Å². The molecular formula is C9H11NO5. The van der Waals surface area contributed by atoms with E-state index >= 15 is 0 Å². The highest BCUT2D eigenvalue weighted by Gasteiger charge is 2.18. The average Bonchev–Trinajstić information content (AvgIpc) is 2.10. The van der Waals surface area contributed by atoms with Crippen molar-refractivity contribution in [3.63, 3.8) is 0 Å². The fraction of sp³-hybridized carbons (Fsp3) is 0.222. The number of hydrogen-bond donors (Lipinski definition) is 5. The number of aromatic hydroxyl groups is 3. The van der Waals surface area contributed by atoms with Crippen LogP contribution in [0.15, 0.2) is 12.1 Å². The number of phenols is 3. The molecule has 0 saturated heterocycles. The van der Waals surface area contributed by atoms with E-state index < -0.39 is 12.0 Å². The fourth-order valence-electron chi connectivity index (χ4n) is 1.14. The van der Waals surface area contributed by atoms with E-state index in [1.807, 2.05) is 0 Å². The van der Waals surface area contributed by atoms with Crippen LogP contribution < -0.4 is 5.73 Å². The van der Waals surface area contributed by atoms with Crippen molar-refractivity contribution in [1.82, 2.24) is 0 Å². The van der Waals surface area contributed by atoms with Crippen LogP contribution >= 0.6 is 0 Å². The van der Waals surface area contributed by atoms with Gasteiger partial charge in [-0.3, -0.25) is 4.79 Å². The maximum atomic E-state index is 10.5. The minimum Gasteiger partial charge on any atom is -0.508 e. The predicted octanol–water partition coefficient (Wildman–Crippen LogP) is -0.242. The van der Waals surface area contributed by atoms with Gasteiger partial charge in [-0.25, -0.2) is 0 Å². The van der Waals surface area contributed by atoms with Crippen molar-refractivity contribution in [3.05, 3.63) is 17.7 Å². The van der Waals surface area contributed by atoms with Gasteiger partial charge in [0, 0.05) is 24.1 Å². The lowest BCUT2D eigenvalue weighted by Gasteiger charge is -2.10. The average molecular weight is 213 g/mol. The molecule has 15 heavy (non-hydrogen) atoms. The van der Waals surface area contributed by atoms with Crippen LogP contribution in [-0.2, 0) is 11.2 Å². The molecule has 1 atom stereocenters. The number of rotatable bonds is 3. The SMILES string of the molecule is NC(Cc1c(O)cc(O)cc1O)C(=O)O. The maximum absolute atomic E-state index is 10.5. The molecule has 0 aliphatic heterocycles. The highest BCUT2D eigenvalue weighted by molar-refractivity contribution is 5.74. The maximum Gasteiger partial charge on any atom is 0.320 e. The molecule has 1 aromatic rings. The zero-order valence-corrected chi connectivity index (χ0v) is 7.71. The Morgan fingerprint density at radius 3 is 2.13 bits per heavy atom. The number of hydrogen-bond acceptors (Lipinski definition) is 5. The second kappa shape index (κ2) is 4.05. The predicted molar refractivity (Wildman–Crippen MR) is 50.8 cm³/mol. The van der Waals surface area contributed by atoms with Crippen LogP contribution in [0.3, 0.4) is 0 Å². The smallest absolute Gasteiger partial charge is 0.320 e. The molecule has 0 amide bonds. The first-order chi connectivity index (χ1) is 6.91. The lowest BCUT2D eigenvalue weighted by molar-refractivity contribution is -0.138. The first-order valence-electron chi connectivity index (χ1n) is 4.14. The van der Waals surface area contributed by atoms with Crippen molar-refractivity contribution < 1.29 is 25.2 Å². The Morgan fingerprint density at radius 2 is 1.73 bits per heavy atom. The highest BCUT2D eigenvalue weighted by Crippen LogP contribution is 2.32. The van der Waals surface area contributed by atoms with Gasteiger partial charge in [0.05, 0.1) is 0 Å². The van der Waals surface area contributed by atoms with Gasteiger partial charge in [-0.1, -0.05) is 0 Å². The lowest BCUT2D eigenvalue weighted by atomic mass is 10.0. The number of benzene rings is 1. The summed E-state index contributed by atoms with van der Waals surface area (Å²) in [4.78, 5) is 10.5. The standard InChI is InChI=1S/C9H11NO5/c10-6(9(14)15)3-5-7(12)1-4(11)2-8(5)13/h1-2,6,11-13H,3,10H2,(H,14,15). The minimum absolute atomic E-state index is 0.00250. The van der Waals surface area contributed by atoms with Gasteiger partial charge in [-0.2, -0.15) is 0 Å². The summed E-state index contributed by atoms with van der Waals surface area (Å²) >= 11 is 0. The van der Waals surface area contributed by atoms with E-state index in [0.29, 0.717) is 0 Å². The molecule has 82 valence electrons. The van der Waals surface area contributed by atoms with Gasteiger partial charge < -0.3 is 26.2 Å². The van der Waals surface area contributed by atoms with Crippen molar-refractivity contribution in [2.75, 3.05) is 0 Å². The van der Waals surface area contributed by atoms with E-state index in [9.17, 15) is 15.0 Å². The van der Waals surface area contributed by atoms with Crippen molar-refractivity contribution in [2.45, 2.75) is 12.5 Å². The van der Waals surface area contributed by atoms with Crippen LogP contribution in [-0.4, -0.2) is 32.4 Å². The summed E-state index contributed by atoms with van der Waals surface area (Å²) in [7, 11) is 0. The fourth-order valence-corrected chi connectivity index (χ4v) is 1.14. The van der Waals surface area contributed by atoms with Gasteiger partial charge in [-0.05, 0) is 0 Å². The first-order valence-corrected chi connectivity index (χ1v) is 4.14. The quantitative estimate of drug-likeness (QED) is 0.472. The van der Waals surface area contributed by atoms with E-state index in [-0.39, 0.29) is 29.2 Å². The van der Waals surface area contributed by atoms with Gasteiger partial charge in [0.15, 0.2) is 0 Å². The zero-order valence-electron chi connectivity index (χ0n) is 7.71. The normalized spacial score (nSPS) is 12.3. The third-order valence-corrected chi connectivity index (χ3v) is 1.93. The molecule has 0 aromatic heterocycles. The summed E-state index contributed by atoms with van der Waals surface area (Å²) in [6, 6.07) is 0.791. The molecule has 0 bridgehead atoms. The molecule has 0 radical (unpaired) electrons. The van der Waals surface area contributed by atoms with Gasteiger partial charge in [0.2, 0.25) is 0 Å². The van der Waals surface area contributed by atoms with Crippen molar-refractivity contribution in [3.8, 4) is 17.2 Å². The number of carboxylic acid groups (broad SMARTS) is 1.